The number of carbonyl (C=O) groups is 1. The number of esters is 1. The van der Waals surface area contributed by atoms with Gasteiger partial charge in [0.1, 0.15) is 6.10 Å². The van der Waals surface area contributed by atoms with Crippen LogP contribution in [0.2, 0.25) is 0 Å². The Balaban J connectivity index is 3.83. The number of hydrogen-bond donors (Lipinski definition) is 1. The molecular formula is C9H14O3. The highest BCUT2D eigenvalue weighted by molar-refractivity contribution is 5.81. The van der Waals surface area contributed by atoms with Crippen LogP contribution in [-0.2, 0) is 9.53 Å². The van der Waals surface area contributed by atoms with Gasteiger partial charge in [0.2, 0.25) is 0 Å². The van der Waals surface area contributed by atoms with E-state index in [-0.39, 0.29) is 12.7 Å². The quantitative estimate of drug-likeness (QED) is 0.368. The number of aliphatic hydroxyl groups is 1. The van der Waals surface area contributed by atoms with Crippen molar-refractivity contribution in [3.8, 4) is 0 Å². The SMILES string of the molecule is C=CC[C@@H](CCO)OC(=O)C=C. The van der Waals surface area contributed by atoms with Gasteiger partial charge in [-0.15, -0.1) is 6.58 Å². The summed E-state index contributed by atoms with van der Waals surface area (Å²) < 4.78 is 4.89. The van der Waals surface area contributed by atoms with Crippen LogP contribution in [0.3, 0.4) is 0 Å². The Morgan fingerprint density at radius 2 is 2.25 bits per heavy atom. The fraction of sp³-hybridized carbons (Fsp3) is 0.444. The molecule has 0 rings (SSSR count). The monoisotopic (exact) mass is 170 g/mol. The number of aliphatic hydroxyl groups excluding tert-OH is 1. The first-order chi connectivity index (χ1) is 5.74. The van der Waals surface area contributed by atoms with Gasteiger partial charge in [-0.25, -0.2) is 4.79 Å². The Bertz CT molecular complexity index is 163. The summed E-state index contributed by atoms with van der Waals surface area (Å²) in [6.07, 6.45) is 3.47. The molecule has 3 heteroatoms. The molecule has 0 bridgehead atoms. The molecule has 12 heavy (non-hydrogen) atoms. The maximum absolute atomic E-state index is 10.7. The van der Waals surface area contributed by atoms with Gasteiger partial charge in [0.05, 0.1) is 0 Å². The van der Waals surface area contributed by atoms with Crippen LogP contribution in [0.15, 0.2) is 25.3 Å². The van der Waals surface area contributed by atoms with Crippen LogP contribution >= 0.6 is 0 Å². The average Bonchev–Trinajstić information content (AvgIpc) is 2.05. The highest BCUT2D eigenvalue weighted by Crippen LogP contribution is 2.04. The van der Waals surface area contributed by atoms with Gasteiger partial charge in [0.25, 0.3) is 0 Å². The zero-order chi connectivity index (χ0) is 9.40. The van der Waals surface area contributed by atoms with Crippen molar-refractivity contribution >= 4 is 5.97 Å². The number of hydrogen-bond acceptors (Lipinski definition) is 3. The molecule has 0 fully saturated rings. The smallest absolute Gasteiger partial charge is 0.330 e. The molecule has 1 atom stereocenters. The predicted molar refractivity (Wildman–Crippen MR) is 46.6 cm³/mol. The fourth-order valence-electron chi connectivity index (χ4n) is 0.767. The summed E-state index contributed by atoms with van der Waals surface area (Å²) >= 11 is 0. The normalized spacial score (nSPS) is 11.8. The van der Waals surface area contributed by atoms with Crippen molar-refractivity contribution < 1.29 is 14.6 Å². The third kappa shape index (κ3) is 4.68. The lowest BCUT2D eigenvalue weighted by Gasteiger charge is -2.13. The van der Waals surface area contributed by atoms with Crippen LogP contribution in [0.1, 0.15) is 12.8 Å². The molecule has 0 amide bonds. The third-order valence-electron chi connectivity index (χ3n) is 1.33. The molecule has 68 valence electrons. The number of rotatable bonds is 6. The van der Waals surface area contributed by atoms with Gasteiger partial charge < -0.3 is 9.84 Å². The van der Waals surface area contributed by atoms with Gasteiger partial charge in [-0.1, -0.05) is 12.7 Å². The van der Waals surface area contributed by atoms with Gasteiger partial charge in [-0.3, -0.25) is 0 Å². The highest BCUT2D eigenvalue weighted by atomic mass is 16.5. The second-order valence-corrected chi connectivity index (χ2v) is 2.30. The van der Waals surface area contributed by atoms with Gasteiger partial charge in [0, 0.05) is 25.5 Å². The molecule has 0 unspecified atom stereocenters. The minimum atomic E-state index is -0.463. The summed E-state index contributed by atoms with van der Waals surface area (Å²) in [5.41, 5.74) is 0. The van der Waals surface area contributed by atoms with Gasteiger partial charge in [-0.05, 0) is 0 Å². The first-order valence-electron chi connectivity index (χ1n) is 3.79. The standard InChI is InChI=1S/C9H14O3/c1-3-5-8(6-7-10)12-9(11)4-2/h3-4,8,10H,1-2,5-7H2/t8-/m0/s1. The summed E-state index contributed by atoms with van der Waals surface area (Å²) in [7, 11) is 0. The molecule has 0 aliphatic rings. The van der Waals surface area contributed by atoms with Crippen molar-refractivity contribution in [1.29, 1.82) is 0 Å². The van der Waals surface area contributed by atoms with E-state index in [9.17, 15) is 4.79 Å². The number of carbonyl (C=O) groups excluding carboxylic acids is 1. The van der Waals surface area contributed by atoms with Crippen LogP contribution in [0.4, 0.5) is 0 Å². The molecule has 0 aliphatic heterocycles. The van der Waals surface area contributed by atoms with E-state index in [4.69, 9.17) is 9.84 Å². The maximum Gasteiger partial charge on any atom is 0.330 e. The summed E-state index contributed by atoms with van der Waals surface area (Å²) in [6, 6.07) is 0. The zero-order valence-corrected chi connectivity index (χ0v) is 7.03. The van der Waals surface area contributed by atoms with E-state index < -0.39 is 5.97 Å². The fourth-order valence-corrected chi connectivity index (χ4v) is 0.767. The Morgan fingerprint density at radius 1 is 1.58 bits per heavy atom. The Morgan fingerprint density at radius 3 is 2.67 bits per heavy atom. The Hall–Kier alpha value is -1.09. The van der Waals surface area contributed by atoms with Crippen LogP contribution in [0.5, 0.6) is 0 Å². The predicted octanol–water partition coefficient (Wildman–Crippen LogP) is 1.04. The second kappa shape index (κ2) is 6.61. The van der Waals surface area contributed by atoms with E-state index >= 15 is 0 Å². The summed E-state index contributed by atoms with van der Waals surface area (Å²) in [5, 5.41) is 8.60. The first-order valence-corrected chi connectivity index (χ1v) is 3.79. The highest BCUT2D eigenvalue weighted by Gasteiger charge is 2.09. The number of ether oxygens (including phenoxy) is 1. The van der Waals surface area contributed by atoms with Gasteiger partial charge >= 0.3 is 5.97 Å². The van der Waals surface area contributed by atoms with Crippen molar-refractivity contribution in [2.45, 2.75) is 18.9 Å². The molecule has 0 aliphatic carbocycles. The van der Waals surface area contributed by atoms with Crippen molar-refractivity contribution in [2.75, 3.05) is 6.61 Å². The zero-order valence-electron chi connectivity index (χ0n) is 7.03. The topological polar surface area (TPSA) is 46.5 Å². The molecule has 0 aromatic carbocycles. The summed E-state index contributed by atoms with van der Waals surface area (Å²) in [4.78, 5) is 10.7. The van der Waals surface area contributed by atoms with E-state index in [1.54, 1.807) is 6.08 Å². The molecular weight excluding hydrogens is 156 g/mol. The van der Waals surface area contributed by atoms with Crippen molar-refractivity contribution in [3.63, 3.8) is 0 Å². The minimum Gasteiger partial charge on any atom is -0.459 e. The molecule has 3 nitrogen and oxygen atoms in total. The van der Waals surface area contributed by atoms with Gasteiger partial charge in [-0.2, -0.15) is 0 Å². The first kappa shape index (κ1) is 10.9. The molecule has 0 heterocycles. The Kier molecular flexibility index (Phi) is 6.01. The van der Waals surface area contributed by atoms with Crippen LogP contribution in [-0.4, -0.2) is 23.8 Å². The molecule has 0 aromatic rings. The van der Waals surface area contributed by atoms with E-state index in [0.29, 0.717) is 12.8 Å². The van der Waals surface area contributed by atoms with Gasteiger partial charge in [0.15, 0.2) is 0 Å². The lowest BCUT2D eigenvalue weighted by atomic mass is 10.2. The van der Waals surface area contributed by atoms with E-state index in [2.05, 4.69) is 13.2 Å². The second-order valence-electron chi connectivity index (χ2n) is 2.30. The summed E-state index contributed by atoms with van der Waals surface area (Å²) in [5.74, 6) is -0.463. The van der Waals surface area contributed by atoms with Crippen LogP contribution < -0.4 is 0 Å². The van der Waals surface area contributed by atoms with Crippen molar-refractivity contribution in [3.05, 3.63) is 25.3 Å². The largest absolute Gasteiger partial charge is 0.459 e. The van der Waals surface area contributed by atoms with E-state index in [1.165, 1.54) is 0 Å². The van der Waals surface area contributed by atoms with Crippen LogP contribution in [0.25, 0.3) is 0 Å². The average molecular weight is 170 g/mol. The molecule has 0 radical (unpaired) electrons. The molecule has 1 N–H and O–H groups in total. The summed E-state index contributed by atoms with van der Waals surface area (Å²) in [6.45, 7) is 6.79. The maximum atomic E-state index is 10.7. The van der Waals surface area contributed by atoms with E-state index in [0.717, 1.165) is 6.08 Å². The van der Waals surface area contributed by atoms with Crippen molar-refractivity contribution in [1.82, 2.24) is 0 Å². The molecule has 0 saturated heterocycles. The van der Waals surface area contributed by atoms with Crippen molar-refractivity contribution in [2.24, 2.45) is 0 Å². The third-order valence-corrected chi connectivity index (χ3v) is 1.33. The van der Waals surface area contributed by atoms with E-state index in [1.807, 2.05) is 0 Å². The minimum absolute atomic E-state index is 0.00291. The molecule has 0 saturated carbocycles. The molecule has 0 spiro atoms. The Labute approximate surface area is 72.3 Å². The lowest BCUT2D eigenvalue weighted by molar-refractivity contribution is -0.143. The molecule has 0 aromatic heterocycles. The van der Waals surface area contributed by atoms with Crippen LogP contribution in [0, 0.1) is 0 Å². The lowest BCUT2D eigenvalue weighted by Crippen LogP contribution is -2.17.